The highest BCUT2D eigenvalue weighted by Crippen LogP contribution is 2.27. The van der Waals surface area contributed by atoms with Crippen molar-refractivity contribution in [1.82, 2.24) is 0 Å². The van der Waals surface area contributed by atoms with Crippen molar-refractivity contribution in [2.45, 2.75) is 0 Å². The van der Waals surface area contributed by atoms with Gasteiger partial charge in [0.1, 0.15) is 11.4 Å². The maximum Gasteiger partial charge on any atom is 0.314 e. The van der Waals surface area contributed by atoms with E-state index in [4.69, 9.17) is 11.6 Å². The Morgan fingerprint density at radius 2 is 1.65 bits per heavy atom. The zero-order chi connectivity index (χ0) is 17.0. The first-order valence-electron chi connectivity index (χ1n) is 6.22. The van der Waals surface area contributed by atoms with Crippen molar-refractivity contribution in [1.29, 1.82) is 0 Å². The first kappa shape index (κ1) is 16.2. The van der Waals surface area contributed by atoms with E-state index in [-0.39, 0.29) is 27.8 Å². The topological polar surface area (TPSA) is 122 Å². The van der Waals surface area contributed by atoms with E-state index in [1.807, 2.05) is 0 Å². The van der Waals surface area contributed by atoms with Crippen LogP contribution in [0.15, 0.2) is 42.5 Å². The Bertz CT molecular complexity index is 794. The van der Waals surface area contributed by atoms with Crippen molar-refractivity contribution >= 4 is 40.5 Å². The van der Waals surface area contributed by atoms with E-state index in [0.29, 0.717) is 0 Å². The fourth-order valence-corrected chi connectivity index (χ4v) is 1.88. The second-order valence-electron chi connectivity index (χ2n) is 4.34. The molecule has 0 aliphatic heterocycles. The monoisotopic (exact) mass is 335 g/mol. The smallest absolute Gasteiger partial charge is 0.314 e. The van der Waals surface area contributed by atoms with Crippen LogP contribution in [0.3, 0.4) is 0 Å². The van der Waals surface area contributed by atoms with E-state index in [0.717, 1.165) is 0 Å². The van der Waals surface area contributed by atoms with Crippen LogP contribution >= 0.6 is 11.6 Å². The van der Waals surface area contributed by atoms with Crippen LogP contribution < -0.4 is 10.6 Å². The molecule has 23 heavy (non-hydrogen) atoms. The summed E-state index contributed by atoms with van der Waals surface area (Å²) in [4.78, 5) is 33.8. The second-order valence-corrected chi connectivity index (χ2v) is 4.78. The van der Waals surface area contributed by atoms with E-state index < -0.39 is 16.7 Å². The Kier molecular flexibility index (Phi) is 4.77. The molecule has 0 atom stereocenters. The molecule has 0 bridgehead atoms. The minimum Gasteiger partial charge on any atom is -0.506 e. The number of para-hydroxylation sites is 2. The van der Waals surface area contributed by atoms with Gasteiger partial charge in [0.05, 0.1) is 10.6 Å². The number of anilines is 2. The Labute approximate surface area is 134 Å². The van der Waals surface area contributed by atoms with Gasteiger partial charge in [0, 0.05) is 11.1 Å². The molecule has 2 rings (SSSR count). The third-order valence-corrected chi connectivity index (χ3v) is 3.00. The number of phenols is 1. The van der Waals surface area contributed by atoms with Gasteiger partial charge in [-0.25, -0.2) is 0 Å². The average Bonchev–Trinajstić information content (AvgIpc) is 2.51. The fourth-order valence-electron chi connectivity index (χ4n) is 1.71. The highest BCUT2D eigenvalue weighted by molar-refractivity contribution is 6.44. The number of halogens is 1. The number of rotatable bonds is 3. The van der Waals surface area contributed by atoms with Crippen molar-refractivity contribution in [3.8, 4) is 5.75 Å². The molecule has 0 saturated heterocycles. The Morgan fingerprint density at radius 3 is 2.30 bits per heavy atom. The lowest BCUT2D eigenvalue weighted by Gasteiger charge is -2.08. The number of nitro benzene ring substituents is 1. The molecule has 0 radical (unpaired) electrons. The molecule has 8 nitrogen and oxygen atoms in total. The van der Waals surface area contributed by atoms with Crippen LogP contribution in [0.2, 0.25) is 5.02 Å². The van der Waals surface area contributed by atoms with Gasteiger partial charge in [-0.2, -0.15) is 0 Å². The van der Waals surface area contributed by atoms with Gasteiger partial charge < -0.3 is 15.7 Å². The standard InChI is InChI=1S/C14H10ClN3O5/c15-8-5-6-12(19)10(7-8)17-14(21)13(20)16-9-3-1-2-4-11(9)18(22)23/h1-7,19H,(H,16,20)(H,17,21). The largest absolute Gasteiger partial charge is 0.506 e. The summed E-state index contributed by atoms with van der Waals surface area (Å²) in [6, 6.07) is 9.29. The molecule has 0 unspecified atom stereocenters. The third-order valence-electron chi connectivity index (χ3n) is 2.76. The van der Waals surface area contributed by atoms with E-state index in [9.17, 15) is 24.8 Å². The van der Waals surface area contributed by atoms with Gasteiger partial charge >= 0.3 is 11.8 Å². The molecule has 2 amide bonds. The molecule has 2 aromatic carbocycles. The zero-order valence-electron chi connectivity index (χ0n) is 11.4. The highest BCUT2D eigenvalue weighted by Gasteiger charge is 2.20. The van der Waals surface area contributed by atoms with Crippen molar-refractivity contribution in [3.05, 3.63) is 57.6 Å². The van der Waals surface area contributed by atoms with Gasteiger partial charge in [-0.05, 0) is 24.3 Å². The Hall–Kier alpha value is -3.13. The molecule has 0 aliphatic carbocycles. The minimum atomic E-state index is -1.13. The second kappa shape index (κ2) is 6.75. The lowest BCUT2D eigenvalue weighted by atomic mass is 10.2. The lowest BCUT2D eigenvalue weighted by molar-refractivity contribution is -0.383. The number of nitrogens with one attached hydrogen (secondary N) is 2. The summed E-state index contributed by atoms with van der Waals surface area (Å²) < 4.78 is 0. The number of carbonyl (C=O) groups is 2. The van der Waals surface area contributed by atoms with Gasteiger partial charge in [0.15, 0.2) is 0 Å². The molecule has 3 N–H and O–H groups in total. The number of nitro groups is 1. The van der Waals surface area contributed by atoms with E-state index in [1.54, 1.807) is 0 Å². The maximum atomic E-state index is 11.8. The number of hydrogen-bond acceptors (Lipinski definition) is 5. The number of carbonyl (C=O) groups excluding carboxylic acids is 2. The molecule has 0 fully saturated rings. The van der Waals surface area contributed by atoms with Crippen LogP contribution in [0.1, 0.15) is 0 Å². The summed E-state index contributed by atoms with van der Waals surface area (Å²) in [5.74, 6) is -2.51. The van der Waals surface area contributed by atoms with Gasteiger partial charge in [-0.15, -0.1) is 0 Å². The summed E-state index contributed by atoms with van der Waals surface area (Å²) in [5, 5.41) is 25.0. The number of amides is 2. The molecular weight excluding hydrogens is 326 g/mol. The summed E-state index contributed by atoms with van der Waals surface area (Å²) in [5.41, 5.74) is -0.521. The lowest BCUT2D eigenvalue weighted by Crippen LogP contribution is -2.29. The molecule has 118 valence electrons. The summed E-state index contributed by atoms with van der Waals surface area (Å²) >= 11 is 5.73. The quantitative estimate of drug-likeness (QED) is 0.344. The highest BCUT2D eigenvalue weighted by atomic mass is 35.5. The van der Waals surface area contributed by atoms with Gasteiger partial charge in [-0.1, -0.05) is 23.7 Å². The van der Waals surface area contributed by atoms with Crippen molar-refractivity contribution in [2.24, 2.45) is 0 Å². The van der Waals surface area contributed by atoms with Crippen LogP contribution in [0.5, 0.6) is 5.75 Å². The van der Waals surface area contributed by atoms with Crippen LogP contribution in [0.4, 0.5) is 17.1 Å². The molecule has 0 aromatic heterocycles. The van der Waals surface area contributed by atoms with E-state index in [1.165, 1.54) is 42.5 Å². The Balaban J connectivity index is 2.14. The van der Waals surface area contributed by atoms with E-state index in [2.05, 4.69) is 10.6 Å². The molecule has 9 heteroatoms. The number of benzene rings is 2. The van der Waals surface area contributed by atoms with Crippen LogP contribution in [0.25, 0.3) is 0 Å². The van der Waals surface area contributed by atoms with Crippen molar-refractivity contribution < 1.29 is 19.6 Å². The Morgan fingerprint density at radius 1 is 1.04 bits per heavy atom. The third kappa shape index (κ3) is 3.95. The summed E-state index contributed by atoms with van der Waals surface area (Å²) in [7, 11) is 0. The molecule has 2 aromatic rings. The normalized spacial score (nSPS) is 9.96. The average molecular weight is 336 g/mol. The number of aromatic hydroxyl groups is 1. The first-order chi connectivity index (χ1) is 10.9. The number of nitrogens with zero attached hydrogens (tertiary/aromatic N) is 1. The zero-order valence-corrected chi connectivity index (χ0v) is 12.2. The number of hydrogen-bond donors (Lipinski definition) is 3. The maximum absolute atomic E-state index is 11.8. The molecule has 0 aliphatic rings. The summed E-state index contributed by atoms with van der Waals surface area (Å²) in [6.45, 7) is 0. The fraction of sp³-hybridized carbons (Fsp3) is 0. The van der Waals surface area contributed by atoms with Crippen molar-refractivity contribution in [3.63, 3.8) is 0 Å². The predicted octanol–water partition coefficient (Wildman–Crippen LogP) is 2.53. The predicted molar refractivity (Wildman–Crippen MR) is 83.5 cm³/mol. The van der Waals surface area contributed by atoms with Gasteiger partial charge in [-0.3, -0.25) is 19.7 Å². The number of phenolic OH excluding ortho intramolecular Hbond substituents is 1. The molecular formula is C14H10ClN3O5. The SMILES string of the molecule is O=C(Nc1cc(Cl)ccc1O)C(=O)Nc1ccccc1[N+](=O)[O-]. The summed E-state index contributed by atoms with van der Waals surface area (Å²) in [6.07, 6.45) is 0. The molecule has 0 heterocycles. The molecule has 0 saturated carbocycles. The minimum absolute atomic E-state index is 0.0554. The van der Waals surface area contributed by atoms with Gasteiger partial charge in [0.2, 0.25) is 0 Å². The van der Waals surface area contributed by atoms with Gasteiger partial charge in [0.25, 0.3) is 5.69 Å². The van der Waals surface area contributed by atoms with Crippen LogP contribution in [-0.2, 0) is 9.59 Å². The molecule has 0 spiro atoms. The van der Waals surface area contributed by atoms with Crippen LogP contribution in [-0.4, -0.2) is 21.8 Å². The van der Waals surface area contributed by atoms with Crippen LogP contribution in [0, 0.1) is 10.1 Å². The van der Waals surface area contributed by atoms with E-state index >= 15 is 0 Å². The first-order valence-corrected chi connectivity index (χ1v) is 6.60. The van der Waals surface area contributed by atoms with Crippen molar-refractivity contribution in [2.75, 3.05) is 10.6 Å².